The summed E-state index contributed by atoms with van der Waals surface area (Å²) < 4.78 is 5.30. The fourth-order valence-electron chi connectivity index (χ4n) is 3.31. The Morgan fingerprint density at radius 3 is 2.69 bits per heavy atom. The molecule has 0 bridgehead atoms. The molecule has 0 atom stereocenters. The monoisotopic (exact) mass is 503 g/mol. The Morgan fingerprint density at radius 2 is 1.97 bits per heavy atom. The maximum Gasteiger partial charge on any atom is 0.272 e. The van der Waals surface area contributed by atoms with Gasteiger partial charge in [0.2, 0.25) is 0 Å². The number of carbonyl (C=O) groups is 3. The van der Waals surface area contributed by atoms with E-state index in [-0.39, 0.29) is 30.7 Å². The Morgan fingerprint density at radius 1 is 1.19 bits per heavy atom. The lowest BCUT2D eigenvalue weighted by Crippen LogP contribution is -2.26. The molecule has 2 aromatic heterocycles. The van der Waals surface area contributed by atoms with Crippen LogP contribution in [-0.2, 0) is 11.3 Å². The highest BCUT2D eigenvalue weighted by Crippen LogP contribution is 2.28. The van der Waals surface area contributed by atoms with Crippen LogP contribution in [0, 0.1) is 11.3 Å². The van der Waals surface area contributed by atoms with Crippen LogP contribution in [0.5, 0.6) is 5.75 Å². The number of hydrogen-bond donors (Lipinski definition) is 4. The highest BCUT2D eigenvalue weighted by Gasteiger charge is 2.17. The molecule has 12 heteroatoms. The number of halogens is 1. The lowest BCUT2D eigenvalue weighted by molar-refractivity contribution is -0.118. The molecule has 0 radical (unpaired) electrons. The van der Waals surface area contributed by atoms with Crippen molar-refractivity contribution in [3.63, 3.8) is 0 Å². The number of aromatic nitrogens is 3. The molecule has 0 unspecified atom stereocenters. The number of carbonyl (C=O) groups excluding carboxylic acids is 3. The largest absolute Gasteiger partial charge is 0.482 e. The van der Waals surface area contributed by atoms with Gasteiger partial charge in [-0.05, 0) is 53.6 Å². The fraction of sp³-hybridized carbons (Fsp3) is 0.0833. The minimum absolute atomic E-state index is 0.00602. The van der Waals surface area contributed by atoms with Crippen molar-refractivity contribution in [3.05, 3.63) is 77.4 Å². The Hall–Kier alpha value is -4.95. The van der Waals surface area contributed by atoms with Crippen molar-refractivity contribution >= 4 is 51.1 Å². The summed E-state index contributed by atoms with van der Waals surface area (Å²) in [5.74, 6) is 0.0442. The van der Waals surface area contributed by atoms with Crippen LogP contribution in [0.1, 0.15) is 32.0 Å². The number of nitriles is 1. The van der Waals surface area contributed by atoms with Crippen LogP contribution in [0.15, 0.2) is 55.0 Å². The zero-order valence-corrected chi connectivity index (χ0v) is 19.3. The fourth-order valence-corrected chi connectivity index (χ4v) is 3.44. The van der Waals surface area contributed by atoms with Crippen LogP contribution in [0.3, 0.4) is 0 Å². The average molecular weight is 504 g/mol. The van der Waals surface area contributed by atoms with Crippen molar-refractivity contribution in [2.75, 3.05) is 17.7 Å². The van der Waals surface area contributed by atoms with Crippen LogP contribution >= 0.6 is 11.6 Å². The van der Waals surface area contributed by atoms with E-state index < -0.39 is 5.24 Å². The molecule has 1 aliphatic rings. The second-order valence-electron chi connectivity index (χ2n) is 7.50. The third-order valence-electron chi connectivity index (χ3n) is 5.08. The molecule has 0 fully saturated rings. The summed E-state index contributed by atoms with van der Waals surface area (Å²) in [6, 6.07) is 13.4. The van der Waals surface area contributed by atoms with Crippen LogP contribution in [0.4, 0.5) is 11.4 Å². The number of fused-ring (bicyclic) bond motifs is 2. The van der Waals surface area contributed by atoms with Gasteiger partial charge in [0.25, 0.3) is 17.1 Å². The second-order valence-corrected chi connectivity index (χ2v) is 7.85. The van der Waals surface area contributed by atoms with Gasteiger partial charge in [-0.2, -0.15) is 5.26 Å². The lowest BCUT2D eigenvalue weighted by Gasteiger charge is -2.18. The van der Waals surface area contributed by atoms with Crippen molar-refractivity contribution in [3.8, 4) is 11.8 Å². The molecule has 5 rings (SSSR count). The Kier molecular flexibility index (Phi) is 7.08. The van der Waals surface area contributed by atoms with Gasteiger partial charge in [-0.3, -0.25) is 14.4 Å². The van der Waals surface area contributed by atoms with E-state index in [1.54, 1.807) is 30.5 Å². The van der Waals surface area contributed by atoms with E-state index in [1.165, 1.54) is 18.5 Å². The number of nitrogens with two attached hydrogens (primary N) is 1. The average Bonchev–Trinajstić information content (AvgIpc) is 3.28. The van der Waals surface area contributed by atoms with Crippen molar-refractivity contribution in [1.82, 2.24) is 20.3 Å². The van der Waals surface area contributed by atoms with Gasteiger partial charge in [0.15, 0.2) is 12.3 Å². The van der Waals surface area contributed by atoms with E-state index in [9.17, 15) is 14.4 Å². The first-order valence-electron chi connectivity index (χ1n) is 10.5. The summed E-state index contributed by atoms with van der Waals surface area (Å²) in [5.41, 5.74) is 9.79. The normalized spacial score (nSPS) is 11.7. The van der Waals surface area contributed by atoms with Crippen LogP contribution in [0.25, 0.3) is 11.0 Å². The number of nitrogens with one attached hydrogen (secondary N) is 3. The highest BCUT2D eigenvalue weighted by molar-refractivity contribution is 6.67. The van der Waals surface area contributed by atoms with E-state index in [0.29, 0.717) is 39.3 Å². The van der Waals surface area contributed by atoms with Gasteiger partial charge in [0.05, 0.1) is 28.5 Å². The molecule has 0 aliphatic carbocycles. The number of benzene rings is 2. The van der Waals surface area contributed by atoms with E-state index in [4.69, 9.17) is 27.3 Å². The Balaban J connectivity index is 0.000000233. The number of aromatic amines is 1. The van der Waals surface area contributed by atoms with Gasteiger partial charge in [-0.25, -0.2) is 9.97 Å². The highest BCUT2D eigenvalue weighted by atomic mass is 35.5. The van der Waals surface area contributed by atoms with Crippen molar-refractivity contribution in [2.24, 2.45) is 0 Å². The summed E-state index contributed by atoms with van der Waals surface area (Å²) in [6.45, 7) is 0.274. The second kappa shape index (κ2) is 10.5. The molecular formula is C24H18ClN7O4. The van der Waals surface area contributed by atoms with Gasteiger partial charge in [0.1, 0.15) is 17.6 Å². The van der Waals surface area contributed by atoms with Gasteiger partial charge in [0, 0.05) is 18.3 Å². The zero-order valence-electron chi connectivity index (χ0n) is 18.5. The molecule has 180 valence electrons. The van der Waals surface area contributed by atoms with Crippen molar-refractivity contribution in [2.45, 2.75) is 6.54 Å². The van der Waals surface area contributed by atoms with Gasteiger partial charge >= 0.3 is 0 Å². The number of rotatable bonds is 4. The third kappa shape index (κ3) is 5.40. The Labute approximate surface area is 209 Å². The SMILES string of the molecule is N#Cc1ccc(C(=O)Cl)cc1.Nc1c[nH]c2c(C(=O)NCc3ccc4c(c3)NC(=O)CO4)ncnc12. The summed E-state index contributed by atoms with van der Waals surface area (Å²) in [6.07, 6.45) is 2.87. The molecule has 0 saturated carbocycles. The number of H-pyrrole nitrogens is 1. The molecule has 36 heavy (non-hydrogen) atoms. The summed E-state index contributed by atoms with van der Waals surface area (Å²) in [7, 11) is 0. The first-order valence-corrected chi connectivity index (χ1v) is 10.8. The quantitative estimate of drug-likeness (QED) is 0.307. The molecule has 11 nitrogen and oxygen atoms in total. The molecule has 0 spiro atoms. The molecule has 3 heterocycles. The smallest absolute Gasteiger partial charge is 0.272 e. The van der Waals surface area contributed by atoms with Crippen LogP contribution in [-0.4, -0.2) is 38.6 Å². The summed E-state index contributed by atoms with van der Waals surface area (Å²) in [5, 5.41) is 13.4. The van der Waals surface area contributed by atoms with Crippen molar-refractivity contribution in [1.29, 1.82) is 5.26 Å². The first kappa shape index (κ1) is 24.2. The van der Waals surface area contributed by atoms with Gasteiger partial charge in [-0.15, -0.1) is 0 Å². The van der Waals surface area contributed by atoms with E-state index >= 15 is 0 Å². The third-order valence-corrected chi connectivity index (χ3v) is 5.30. The molecule has 4 aromatic rings. The van der Waals surface area contributed by atoms with Crippen molar-refractivity contribution < 1.29 is 19.1 Å². The van der Waals surface area contributed by atoms with Gasteiger partial charge < -0.3 is 26.1 Å². The predicted molar refractivity (Wildman–Crippen MR) is 131 cm³/mol. The molecule has 2 aromatic carbocycles. The Bertz CT molecular complexity index is 1510. The molecule has 0 saturated heterocycles. The zero-order chi connectivity index (χ0) is 25.7. The molecule has 1 aliphatic heterocycles. The van der Waals surface area contributed by atoms with Crippen LogP contribution < -0.4 is 21.1 Å². The number of hydrogen-bond acceptors (Lipinski definition) is 8. The summed E-state index contributed by atoms with van der Waals surface area (Å²) >= 11 is 5.18. The maximum absolute atomic E-state index is 12.4. The van der Waals surface area contributed by atoms with E-state index in [2.05, 4.69) is 25.6 Å². The van der Waals surface area contributed by atoms with E-state index in [0.717, 1.165) is 5.56 Å². The van der Waals surface area contributed by atoms with E-state index in [1.807, 2.05) is 12.1 Å². The molecule has 2 amide bonds. The molecule has 5 N–H and O–H groups in total. The number of nitrogens with zero attached hydrogens (tertiary/aromatic N) is 3. The topological polar surface area (TPSA) is 176 Å². The summed E-state index contributed by atoms with van der Waals surface area (Å²) in [4.78, 5) is 45.3. The minimum Gasteiger partial charge on any atom is -0.482 e. The minimum atomic E-state index is -0.505. The number of nitrogen functional groups attached to an aromatic ring is 1. The number of amides is 2. The first-order chi connectivity index (χ1) is 17.4. The maximum atomic E-state index is 12.4. The molecular weight excluding hydrogens is 486 g/mol. The lowest BCUT2D eigenvalue weighted by atomic mass is 10.1. The predicted octanol–water partition coefficient (Wildman–Crippen LogP) is 2.74. The number of ether oxygens (including phenoxy) is 1. The number of anilines is 2. The van der Waals surface area contributed by atoms with Gasteiger partial charge in [-0.1, -0.05) is 6.07 Å². The standard InChI is InChI=1S/C16H14N6O3.C8H4ClNO/c17-9-5-18-14-13(9)20-7-21-15(14)16(24)19-4-8-1-2-11-10(3-8)22-12(23)6-25-11;9-8(11)7-3-1-6(5-10)2-4-7/h1-3,5,7,18H,4,6,17H2,(H,19,24)(H,22,23);1-4H. The van der Waals surface area contributed by atoms with Crippen LogP contribution in [0.2, 0.25) is 0 Å².